The van der Waals surface area contributed by atoms with Crippen LogP contribution >= 0.6 is 0 Å². The molecular formula is C24H22N4O. The van der Waals surface area contributed by atoms with E-state index in [1.807, 2.05) is 22.9 Å². The van der Waals surface area contributed by atoms with Crippen LogP contribution < -0.4 is 10.1 Å². The molecule has 0 bridgehead atoms. The molecule has 5 heteroatoms. The lowest BCUT2D eigenvalue weighted by Crippen LogP contribution is -2.28. The van der Waals surface area contributed by atoms with Crippen LogP contribution in [0.25, 0.3) is 11.1 Å². The second kappa shape index (κ2) is 7.43. The molecule has 1 aliphatic rings. The van der Waals surface area contributed by atoms with Crippen LogP contribution in [0.2, 0.25) is 0 Å². The van der Waals surface area contributed by atoms with Gasteiger partial charge in [0, 0.05) is 0 Å². The largest absolute Gasteiger partial charge is 0.497 e. The summed E-state index contributed by atoms with van der Waals surface area (Å²) in [6, 6.07) is 27.7. The molecule has 4 aromatic rings. The first-order chi connectivity index (χ1) is 14.3. The Morgan fingerprint density at radius 3 is 2.28 bits per heavy atom. The van der Waals surface area contributed by atoms with Gasteiger partial charge in [0.25, 0.3) is 0 Å². The molecule has 5 nitrogen and oxygen atoms in total. The van der Waals surface area contributed by atoms with Crippen molar-refractivity contribution in [3.8, 4) is 16.9 Å². The van der Waals surface area contributed by atoms with Gasteiger partial charge in [-0.05, 0) is 40.8 Å². The number of nitrogens with one attached hydrogen (secondary N) is 1. The summed E-state index contributed by atoms with van der Waals surface area (Å²) in [5.74, 6) is 1.66. The summed E-state index contributed by atoms with van der Waals surface area (Å²) in [5.41, 5.74) is 4.90. The van der Waals surface area contributed by atoms with Crippen LogP contribution in [0, 0.1) is 0 Å². The highest BCUT2D eigenvalue weighted by atomic mass is 16.5. The Morgan fingerprint density at radius 1 is 0.862 bits per heavy atom. The van der Waals surface area contributed by atoms with Crippen LogP contribution in [0.15, 0.2) is 85.2 Å². The van der Waals surface area contributed by atoms with E-state index in [1.165, 1.54) is 22.3 Å². The number of benzene rings is 3. The summed E-state index contributed by atoms with van der Waals surface area (Å²) in [6.45, 7) is 0. The van der Waals surface area contributed by atoms with Gasteiger partial charge >= 0.3 is 0 Å². The van der Waals surface area contributed by atoms with Gasteiger partial charge in [0.1, 0.15) is 12.1 Å². The predicted octanol–water partition coefficient (Wildman–Crippen LogP) is 5.10. The summed E-state index contributed by atoms with van der Waals surface area (Å²) in [4.78, 5) is 4.42. The minimum Gasteiger partial charge on any atom is -0.497 e. The van der Waals surface area contributed by atoms with Gasteiger partial charge in [-0.3, -0.25) is 0 Å². The molecule has 2 heterocycles. The Bertz CT molecular complexity index is 1090. The van der Waals surface area contributed by atoms with Gasteiger partial charge < -0.3 is 10.1 Å². The molecular weight excluding hydrogens is 360 g/mol. The molecule has 3 aromatic carbocycles. The van der Waals surface area contributed by atoms with Crippen molar-refractivity contribution in [2.24, 2.45) is 0 Å². The van der Waals surface area contributed by atoms with Gasteiger partial charge in [0.15, 0.2) is 0 Å². The molecule has 0 spiro atoms. The average molecular weight is 382 g/mol. The molecule has 1 aromatic heterocycles. The van der Waals surface area contributed by atoms with Gasteiger partial charge in [-0.1, -0.05) is 66.7 Å². The summed E-state index contributed by atoms with van der Waals surface area (Å²) in [7, 11) is 1.68. The molecule has 0 saturated carbocycles. The van der Waals surface area contributed by atoms with E-state index in [1.54, 1.807) is 13.4 Å². The maximum atomic E-state index is 5.30. The number of methoxy groups -OCH3 is 1. The number of rotatable bonds is 4. The van der Waals surface area contributed by atoms with E-state index in [0.29, 0.717) is 0 Å². The fourth-order valence-electron chi connectivity index (χ4n) is 3.98. The van der Waals surface area contributed by atoms with Gasteiger partial charge in [-0.25, -0.2) is 4.68 Å². The molecule has 5 rings (SSSR count). The van der Waals surface area contributed by atoms with Crippen molar-refractivity contribution in [2.45, 2.75) is 18.5 Å². The Labute approximate surface area is 170 Å². The van der Waals surface area contributed by atoms with Crippen LogP contribution in [0.3, 0.4) is 0 Å². The van der Waals surface area contributed by atoms with Crippen molar-refractivity contribution in [2.75, 3.05) is 12.4 Å². The monoisotopic (exact) mass is 382 g/mol. The third-order valence-corrected chi connectivity index (χ3v) is 5.55. The van der Waals surface area contributed by atoms with Crippen molar-refractivity contribution in [3.63, 3.8) is 0 Å². The predicted molar refractivity (Wildman–Crippen MR) is 114 cm³/mol. The molecule has 0 fully saturated rings. The van der Waals surface area contributed by atoms with Crippen molar-refractivity contribution in [1.82, 2.24) is 14.8 Å². The third-order valence-electron chi connectivity index (χ3n) is 5.55. The summed E-state index contributed by atoms with van der Waals surface area (Å²) in [5, 5.41) is 7.99. The van der Waals surface area contributed by atoms with E-state index in [-0.39, 0.29) is 12.1 Å². The van der Waals surface area contributed by atoms with E-state index in [4.69, 9.17) is 4.74 Å². The van der Waals surface area contributed by atoms with Crippen LogP contribution in [-0.2, 0) is 0 Å². The minimum atomic E-state index is 0.124. The smallest absolute Gasteiger partial charge is 0.222 e. The van der Waals surface area contributed by atoms with Crippen molar-refractivity contribution in [3.05, 3.63) is 96.3 Å². The Balaban J connectivity index is 1.44. The zero-order valence-corrected chi connectivity index (χ0v) is 16.2. The number of fused-ring (bicyclic) bond motifs is 1. The SMILES string of the molecule is COc1ccc([C@@H]2C[C@H](c3ccc(-c4ccccc4)cc3)Nc3ncnn32)cc1. The van der Waals surface area contributed by atoms with E-state index >= 15 is 0 Å². The molecule has 2 atom stereocenters. The highest BCUT2D eigenvalue weighted by molar-refractivity contribution is 5.63. The van der Waals surface area contributed by atoms with E-state index in [0.717, 1.165) is 18.1 Å². The van der Waals surface area contributed by atoms with E-state index in [9.17, 15) is 0 Å². The second-order valence-corrected chi connectivity index (χ2v) is 7.24. The average Bonchev–Trinajstić information content (AvgIpc) is 3.28. The zero-order chi connectivity index (χ0) is 19.6. The lowest BCUT2D eigenvalue weighted by Gasteiger charge is -2.32. The molecule has 1 N–H and O–H groups in total. The zero-order valence-electron chi connectivity index (χ0n) is 16.2. The van der Waals surface area contributed by atoms with Crippen LogP contribution in [0.4, 0.5) is 5.95 Å². The van der Waals surface area contributed by atoms with E-state index in [2.05, 4.69) is 76.1 Å². The molecule has 29 heavy (non-hydrogen) atoms. The van der Waals surface area contributed by atoms with Crippen LogP contribution in [-0.4, -0.2) is 21.9 Å². The van der Waals surface area contributed by atoms with E-state index < -0.39 is 0 Å². The van der Waals surface area contributed by atoms with Gasteiger partial charge in [0.05, 0.1) is 19.2 Å². The molecule has 144 valence electrons. The highest BCUT2D eigenvalue weighted by Gasteiger charge is 2.29. The van der Waals surface area contributed by atoms with Crippen LogP contribution in [0.1, 0.15) is 29.6 Å². The first-order valence-corrected chi connectivity index (χ1v) is 9.77. The molecule has 0 radical (unpaired) electrons. The lowest BCUT2D eigenvalue weighted by atomic mass is 9.92. The quantitative estimate of drug-likeness (QED) is 0.533. The highest BCUT2D eigenvalue weighted by Crippen LogP contribution is 2.38. The van der Waals surface area contributed by atoms with Crippen molar-refractivity contribution < 1.29 is 4.74 Å². The Hall–Kier alpha value is -3.60. The van der Waals surface area contributed by atoms with Gasteiger partial charge in [0.2, 0.25) is 5.95 Å². The normalized spacial score (nSPS) is 18.0. The number of ether oxygens (including phenoxy) is 1. The Kier molecular flexibility index (Phi) is 4.48. The number of hydrogen-bond donors (Lipinski definition) is 1. The number of anilines is 1. The maximum Gasteiger partial charge on any atom is 0.222 e. The fraction of sp³-hybridized carbons (Fsp3) is 0.167. The maximum absolute atomic E-state index is 5.30. The molecule has 0 aliphatic carbocycles. The number of aromatic nitrogens is 3. The molecule has 0 unspecified atom stereocenters. The first kappa shape index (κ1) is 17.5. The van der Waals surface area contributed by atoms with Crippen LogP contribution in [0.5, 0.6) is 5.75 Å². The molecule has 0 saturated heterocycles. The number of hydrogen-bond acceptors (Lipinski definition) is 4. The second-order valence-electron chi connectivity index (χ2n) is 7.24. The standard InChI is InChI=1S/C24H22N4O/c1-29-21-13-11-20(12-14-21)23-15-22(27-24-25-16-26-28(23)24)19-9-7-18(8-10-19)17-5-3-2-4-6-17/h2-14,16,22-23H,15H2,1H3,(H,25,26,27)/t22-,23+/m1/s1. The summed E-state index contributed by atoms with van der Waals surface area (Å²) < 4.78 is 7.27. The first-order valence-electron chi connectivity index (χ1n) is 9.77. The van der Waals surface area contributed by atoms with Crippen molar-refractivity contribution in [1.29, 1.82) is 0 Å². The van der Waals surface area contributed by atoms with Gasteiger partial charge in [-0.15, -0.1) is 0 Å². The fourth-order valence-corrected chi connectivity index (χ4v) is 3.98. The topological polar surface area (TPSA) is 52.0 Å². The van der Waals surface area contributed by atoms with Crippen molar-refractivity contribution >= 4 is 5.95 Å². The number of nitrogens with zero attached hydrogens (tertiary/aromatic N) is 3. The Morgan fingerprint density at radius 2 is 1.55 bits per heavy atom. The molecule has 0 amide bonds. The molecule has 1 aliphatic heterocycles. The third kappa shape index (κ3) is 3.36. The summed E-state index contributed by atoms with van der Waals surface area (Å²) in [6.07, 6.45) is 2.51. The minimum absolute atomic E-state index is 0.124. The van der Waals surface area contributed by atoms with Gasteiger partial charge in [-0.2, -0.15) is 10.1 Å². The lowest BCUT2D eigenvalue weighted by molar-refractivity contribution is 0.411. The summed E-state index contributed by atoms with van der Waals surface area (Å²) >= 11 is 0.